The molecule has 1 heterocycles. The molecule has 1 unspecified atom stereocenters. The molecule has 1 aliphatic heterocycles. The number of aliphatic hydroxyl groups is 1. The molecule has 0 aromatic heterocycles. The van der Waals surface area contributed by atoms with Crippen molar-refractivity contribution in [3.63, 3.8) is 0 Å². The molecule has 0 saturated carbocycles. The zero-order valence-electron chi connectivity index (χ0n) is 16.0. The number of aliphatic hydroxyl groups excluding tert-OH is 1. The summed E-state index contributed by atoms with van der Waals surface area (Å²) < 4.78 is 28.4. The van der Waals surface area contributed by atoms with E-state index < -0.39 is 35.1 Å². The summed E-state index contributed by atoms with van der Waals surface area (Å²) in [6.07, 6.45) is 0. The van der Waals surface area contributed by atoms with Crippen LogP contribution in [0.15, 0.2) is 78.4 Å². The average molecular weight is 405 g/mol. The summed E-state index contributed by atoms with van der Waals surface area (Å²) in [6, 6.07) is 16.8. The molecular formula is C24H17F2NO3. The normalized spacial score (nSPS) is 18.1. The molecule has 0 aliphatic carbocycles. The van der Waals surface area contributed by atoms with Crippen LogP contribution in [0.4, 0.5) is 14.5 Å². The molecule has 6 heteroatoms. The Kier molecular flexibility index (Phi) is 4.91. The fourth-order valence-electron chi connectivity index (χ4n) is 3.63. The van der Waals surface area contributed by atoms with Gasteiger partial charge in [0.1, 0.15) is 17.4 Å². The van der Waals surface area contributed by atoms with Gasteiger partial charge in [0.15, 0.2) is 0 Å². The Bertz CT molecular complexity index is 1190. The van der Waals surface area contributed by atoms with Gasteiger partial charge in [0, 0.05) is 16.8 Å². The van der Waals surface area contributed by atoms with E-state index in [-0.39, 0.29) is 22.3 Å². The summed E-state index contributed by atoms with van der Waals surface area (Å²) in [5, 5.41) is 10.9. The standard InChI is InChI=1S/C24H17F2NO3/c1-14-13-15(11-12-18(14)25)22(28)20-21(17-9-5-6-10-19(17)26)27(24(30)23(20)29)16-7-3-2-4-8-16/h2-13,21,28H,1H3/b22-20+. The number of amides is 1. The largest absolute Gasteiger partial charge is 0.507 e. The van der Waals surface area contributed by atoms with Crippen molar-refractivity contribution in [1.29, 1.82) is 0 Å². The number of rotatable bonds is 3. The lowest BCUT2D eigenvalue weighted by atomic mass is 9.94. The highest BCUT2D eigenvalue weighted by Gasteiger charge is 2.47. The highest BCUT2D eigenvalue weighted by atomic mass is 19.1. The van der Waals surface area contributed by atoms with Gasteiger partial charge in [0.2, 0.25) is 0 Å². The highest BCUT2D eigenvalue weighted by Crippen LogP contribution is 2.42. The van der Waals surface area contributed by atoms with Gasteiger partial charge in [-0.25, -0.2) is 8.78 Å². The number of carbonyl (C=O) groups excluding carboxylic acids is 2. The number of hydrogen-bond donors (Lipinski definition) is 1. The Balaban J connectivity index is 1.98. The van der Waals surface area contributed by atoms with Crippen LogP contribution in [0.1, 0.15) is 22.7 Å². The van der Waals surface area contributed by atoms with Gasteiger partial charge in [0.05, 0.1) is 11.6 Å². The molecule has 150 valence electrons. The topological polar surface area (TPSA) is 57.6 Å². The molecule has 1 atom stereocenters. The van der Waals surface area contributed by atoms with Gasteiger partial charge in [-0.15, -0.1) is 0 Å². The van der Waals surface area contributed by atoms with Crippen LogP contribution in [-0.4, -0.2) is 16.8 Å². The molecule has 3 aromatic carbocycles. The van der Waals surface area contributed by atoms with E-state index in [0.29, 0.717) is 5.69 Å². The number of ketones is 1. The maximum atomic E-state index is 14.7. The third-order valence-electron chi connectivity index (χ3n) is 5.11. The summed E-state index contributed by atoms with van der Waals surface area (Å²) in [5.74, 6) is -3.39. The first-order valence-corrected chi connectivity index (χ1v) is 9.27. The molecule has 0 spiro atoms. The lowest BCUT2D eigenvalue weighted by Crippen LogP contribution is -2.29. The van der Waals surface area contributed by atoms with Crippen LogP contribution in [0, 0.1) is 18.6 Å². The number of anilines is 1. The predicted octanol–water partition coefficient (Wildman–Crippen LogP) is 4.90. The van der Waals surface area contributed by atoms with Crippen molar-refractivity contribution < 1.29 is 23.5 Å². The monoisotopic (exact) mass is 405 g/mol. The first-order valence-electron chi connectivity index (χ1n) is 9.27. The van der Waals surface area contributed by atoms with Crippen LogP contribution >= 0.6 is 0 Å². The summed E-state index contributed by atoms with van der Waals surface area (Å²) in [7, 11) is 0. The molecule has 4 nitrogen and oxygen atoms in total. The number of carbonyl (C=O) groups is 2. The second kappa shape index (κ2) is 7.55. The zero-order valence-corrected chi connectivity index (χ0v) is 16.0. The van der Waals surface area contributed by atoms with Crippen molar-refractivity contribution >= 4 is 23.1 Å². The number of nitrogens with zero attached hydrogens (tertiary/aromatic N) is 1. The van der Waals surface area contributed by atoms with Crippen molar-refractivity contribution in [3.8, 4) is 0 Å². The minimum absolute atomic E-state index is 0.0703. The molecule has 1 amide bonds. The van der Waals surface area contributed by atoms with Crippen molar-refractivity contribution in [3.05, 3.63) is 107 Å². The number of para-hydroxylation sites is 1. The van der Waals surface area contributed by atoms with Gasteiger partial charge in [0.25, 0.3) is 11.7 Å². The van der Waals surface area contributed by atoms with Gasteiger partial charge in [-0.1, -0.05) is 36.4 Å². The zero-order chi connectivity index (χ0) is 21.4. The van der Waals surface area contributed by atoms with Gasteiger partial charge in [-0.05, 0) is 48.9 Å². The summed E-state index contributed by atoms with van der Waals surface area (Å²) in [4.78, 5) is 27.0. The van der Waals surface area contributed by atoms with Crippen molar-refractivity contribution in [2.24, 2.45) is 0 Å². The van der Waals surface area contributed by atoms with Crippen LogP contribution in [0.25, 0.3) is 5.76 Å². The lowest BCUT2D eigenvalue weighted by Gasteiger charge is -2.25. The first kappa shape index (κ1) is 19.5. The molecule has 3 aromatic rings. The Morgan fingerprint density at radius 1 is 0.900 bits per heavy atom. The van der Waals surface area contributed by atoms with E-state index in [1.807, 2.05) is 0 Å². The molecule has 30 heavy (non-hydrogen) atoms. The van der Waals surface area contributed by atoms with E-state index >= 15 is 0 Å². The Morgan fingerprint density at radius 3 is 2.23 bits per heavy atom. The minimum Gasteiger partial charge on any atom is -0.507 e. The van der Waals surface area contributed by atoms with E-state index in [4.69, 9.17) is 0 Å². The fourth-order valence-corrected chi connectivity index (χ4v) is 3.63. The number of Topliss-reactive ketones (excluding diaryl/α,β-unsaturated/α-hetero) is 1. The minimum atomic E-state index is -1.17. The number of halogens is 2. The van der Waals surface area contributed by atoms with E-state index in [1.54, 1.807) is 36.4 Å². The summed E-state index contributed by atoms with van der Waals surface area (Å²) in [5.41, 5.74) is 0.642. The maximum absolute atomic E-state index is 14.7. The van der Waals surface area contributed by atoms with E-state index in [1.165, 1.54) is 42.2 Å². The second-order valence-corrected chi connectivity index (χ2v) is 6.99. The summed E-state index contributed by atoms with van der Waals surface area (Å²) in [6.45, 7) is 1.52. The quantitative estimate of drug-likeness (QED) is 0.383. The first-order chi connectivity index (χ1) is 14.4. The maximum Gasteiger partial charge on any atom is 0.300 e. The predicted molar refractivity (Wildman–Crippen MR) is 109 cm³/mol. The second-order valence-electron chi connectivity index (χ2n) is 6.99. The van der Waals surface area contributed by atoms with Crippen LogP contribution < -0.4 is 4.90 Å². The smallest absolute Gasteiger partial charge is 0.300 e. The van der Waals surface area contributed by atoms with E-state index in [2.05, 4.69) is 0 Å². The number of hydrogen-bond acceptors (Lipinski definition) is 3. The third-order valence-corrected chi connectivity index (χ3v) is 5.11. The van der Waals surface area contributed by atoms with Crippen LogP contribution in [0.3, 0.4) is 0 Å². The van der Waals surface area contributed by atoms with E-state index in [9.17, 15) is 23.5 Å². The van der Waals surface area contributed by atoms with Crippen molar-refractivity contribution in [2.75, 3.05) is 4.90 Å². The van der Waals surface area contributed by atoms with Crippen molar-refractivity contribution in [2.45, 2.75) is 13.0 Å². The summed E-state index contributed by atoms with van der Waals surface area (Å²) >= 11 is 0. The molecule has 1 saturated heterocycles. The molecule has 1 N–H and O–H groups in total. The van der Waals surface area contributed by atoms with E-state index in [0.717, 1.165) is 6.07 Å². The highest BCUT2D eigenvalue weighted by molar-refractivity contribution is 6.51. The number of benzene rings is 3. The Hall–Kier alpha value is -3.80. The Labute approximate surface area is 171 Å². The van der Waals surface area contributed by atoms with Crippen LogP contribution in [0.5, 0.6) is 0 Å². The molecule has 4 rings (SSSR count). The molecule has 0 bridgehead atoms. The molecule has 1 aliphatic rings. The third kappa shape index (κ3) is 3.16. The molecule has 0 radical (unpaired) electrons. The fraction of sp³-hybridized carbons (Fsp3) is 0.0833. The molecule has 1 fully saturated rings. The average Bonchev–Trinajstić information content (AvgIpc) is 3.01. The van der Waals surface area contributed by atoms with Gasteiger partial charge >= 0.3 is 0 Å². The molecular weight excluding hydrogens is 388 g/mol. The Morgan fingerprint density at radius 2 is 1.57 bits per heavy atom. The van der Waals surface area contributed by atoms with Crippen LogP contribution in [-0.2, 0) is 9.59 Å². The van der Waals surface area contributed by atoms with Crippen LogP contribution in [0.2, 0.25) is 0 Å². The van der Waals surface area contributed by atoms with Gasteiger partial charge < -0.3 is 5.11 Å². The SMILES string of the molecule is Cc1cc(/C(O)=C2\C(=O)C(=O)N(c3ccccc3)C2c2ccccc2F)ccc1F. The van der Waals surface area contributed by atoms with Gasteiger partial charge in [-0.3, -0.25) is 14.5 Å². The van der Waals surface area contributed by atoms with Gasteiger partial charge in [-0.2, -0.15) is 0 Å². The lowest BCUT2D eigenvalue weighted by molar-refractivity contribution is -0.132. The number of aryl methyl sites for hydroxylation is 1. The van der Waals surface area contributed by atoms with Crippen molar-refractivity contribution in [1.82, 2.24) is 0 Å².